The summed E-state index contributed by atoms with van der Waals surface area (Å²) in [5, 5.41) is 6.18. The van der Waals surface area contributed by atoms with Crippen LogP contribution in [0.15, 0.2) is 42.5 Å². The highest BCUT2D eigenvalue weighted by Crippen LogP contribution is 2.29. The lowest BCUT2D eigenvalue weighted by atomic mass is 10.1. The molecule has 2 aromatic carbocycles. The number of rotatable bonds is 6. The first-order valence-electron chi connectivity index (χ1n) is 7.96. The van der Waals surface area contributed by atoms with Gasteiger partial charge in [-0.2, -0.15) is 0 Å². The third-order valence-electron chi connectivity index (χ3n) is 4.22. The second-order valence-corrected chi connectivity index (χ2v) is 5.85. The highest BCUT2D eigenvalue weighted by Gasteiger charge is 2.09. The molecule has 1 heterocycles. The average molecular weight is 296 g/mol. The zero-order chi connectivity index (χ0) is 15.5. The lowest BCUT2D eigenvalue weighted by Crippen LogP contribution is -2.29. The molecule has 0 amide bonds. The van der Waals surface area contributed by atoms with Crippen LogP contribution < -0.4 is 5.32 Å². The van der Waals surface area contributed by atoms with Crippen molar-refractivity contribution in [2.24, 2.45) is 0 Å². The molecule has 116 valence electrons. The summed E-state index contributed by atoms with van der Waals surface area (Å²) >= 11 is 0. The number of nitrogens with one attached hydrogen (secondary N) is 1. The molecule has 0 bridgehead atoms. The summed E-state index contributed by atoms with van der Waals surface area (Å²) < 4.78 is 7.56. The zero-order valence-electron chi connectivity index (χ0n) is 13.6. The average Bonchev–Trinajstić information content (AvgIpc) is 2.86. The van der Waals surface area contributed by atoms with Gasteiger partial charge in [0.05, 0.1) is 6.61 Å². The van der Waals surface area contributed by atoms with E-state index in [0.717, 1.165) is 19.7 Å². The molecule has 0 unspecified atom stereocenters. The van der Waals surface area contributed by atoms with Crippen LogP contribution >= 0.6 is 0 Å². The van der Waals surface area contributed by atoms with Gasteiger partial charge in [-0.3, -0.25) is 0 Å². The van der Waals surface area contributed by atoms with Crippen molar-refractivity contribution >= 4 is 21.8 Å². The Bertz CT molecular complexity index is 776. The second-order valence-electron chi connectivity index (χ2n) is 5.85. The first-order chi connectivity index (χ1) is 10.7. The molecule has 3 aromatic rings. The minimum Gasteiger partial charge on any atom is -0.383 e. The quantitative estimate of drug-likeness (QED) is 0.745. The summed E-state index contributed by atoms with van der Waals surface area (Å²) in [6.07, 6.45) is 0. The number of hydrogen-bond donors (Lipinski definition) is 1. The third kappa shape index (κ3) is 2.74. The molecule has 0 radical (unpaired) electrons. The van der Waals surface area contributed by atoms with E-state index in [0.29, 0.717) is 6.04 Å². The Morgan fingerprint density at radius 1 is 1.09 bits per heavy atom. The van der Waals surface area contributed by atoms with Gasteiger partial charge in [0.1, 0.15) is 0 Å². The first-order valence-corrected chi connectivity index (χ1v) is 7.96. The number of fused-ring (bicyclic) bond motifs is 3. The second kappa shape index (κ2) is 6.51. The standard InChI is InChI=1S/C19H24N2O/c1-4-21-18-8-6-5-7-16(18)17-11-15(9-10-19(17)21)12-20-14(2)13-22-3/h5-11,14,20H,4,12-13H2,1-3H3/t14-/m0/s1. The Morgan fingerprint density at radius 3 is 2.64 bits per heavy atom. The monoisotopic (exact) mass is 296 g/mol. The fourth-order valence-corrected chi connectivity index (χ4v) is 3.15. The predicted octanol–water partition coefficient (Wildman–Crippen LogP) is 3.94. The lowest BCUT2D eigenvalue weighted by Gasteiger charge is -2.12. The summed E-state index contributed by atoms with van der Waals surface area (Å²) in [6, 6.07) is 15.8. The number of nitrogens with zero attached hydrogens (tertiary/aromatic N) is 1. The first kappa shape index (κ1) is 15.1. The Hall–Kier alpha value is -1.84. The largest absolute Gasteiger partial charge is 0.383 e. The molecule has 3 heteroatoms. The fourth-order valence-electron chi connectivity index (χ4n) is 3.15. The predicted molar refractivity (Wildman–Crippen MR) is 93.3 cm³/mol. The van der Waals surface area contributed by atoms with E-state index in [9.17, 15) is 0 Å². The van der Waals surface area contributed by atoms with Gasteiger partial charge in [0.2, 0.25) is 0 Å². The van der Waals surface area contributed by atoms with Crippen molar-refractivity contribution in [2.75, 3.05) is 13.7 Å². The molecule has 1 atom stereocenters. The van der Waals surface area contributed by atoms with Gasteiger partial charge in [0.15, 0.2) is 0 Å². The molecule has 3 rings (SSSR count). The van der Waals surface area contributed by atoms with Crippen molar-refractivity contribution in [3.63, 3.8) is 0 Å². The molecule has 0 saturated heterocycles. The van der Waals surface area contributed by atoms with Gasteiger partial charge < -0.3 is 14.6 Å². The molecule has 0 aliphatic rings. The zero-order valence-corrected chi connectivity index (χ0v) is 13.6. The van der Waals surface area contributed by atoms with Crippen molar-refractivity contribution in [1.29, 1.82) is 0 Å². The highest BCUT2D eigenvalue weighted by atomic mass is 16.5. The van der Waals surface area contributed by atoms with Crippen LogP contribution in [0.5, 0.6) is 0 Å². The summed E-state index contributed by atoms with van der Waals surface area (Å²) in [6.45, 7) is 6.94. The fraction of sp³-hybridized carbons (Fsp3) is 0.368. The molecule has 1 N–H and O–H groups in total. The summed E-state index contributed by atoms with van der Waals surface area (Å²) in [5.74, 6) is 0. The van der Waals surface area contributed by atoms with E-state index in [4.69, 9.17) is 4.74 Å². The summed E-state index contributed by atoms with van der Waals surface area (Å²) in [7, 11) is 1.74. The smallest absolute Gasteiger partial charge is 0.0613 e. The maximum absolute atomic E-state index is 5.17. The van der Waals surface area contributed by atoms with Gasteiger partial charge in [-0.1, -0.05) is 24.3 Å². The third-order valence-corrected chi connectivity index (χ3v) is 4.22. The van der Waals surface area contributed by atoms with Gasteiger partial charge in [-0.05, 0) is 37.6 Å². The number of aryl methyl sites for hydroxylation is 1. The molecule has 0 spiro atoms. The van der Waals surface area contributed by atoms with Crippen LogP contribution in [0.25, 0.3) is 21.8 Å². The molecule has 0 aliphatic heterocycles. The molecule has 3 nitrogen and oxygen atoms in total. The maximum atomic E-state index is 5.17. The van der Waals surface area contributed by atoms with Crippen LogP contribution in [-0.2, 0) is 17.8 Å². The van der Waals surface area contributed by atoms with Gasteiger partial charge in [0.25, 0.3) is 0 Å². The van der Waals surface area contributed by atoms with Crippen LogP contribution in [0.4, 0.5) is 0 Å². The van der Waals surface area contributed by atoms with Crippen molar-refractivity contribution in [3.05, 3.63) is 48.0 Å². The highest BCUT2D eigenvalue weighted by molar-refractivity contribution is 6.08. The minimum absolute atomic E-state index is 0.359. The normalized spacial score (nSPS) is 13.0. The maximum Gasteiger partial charge on any atom is 0.0613 e. The molecule has 22 heavy (non-hydrogen) atoms. The van der Waals surface area contributed by atoms with E-state index in [1.54, 1.807) is 7.11 Å². The van der Waals surface area contributed by atoms with Crippen molar-refractivity contribution < 1.29 is 4.74 Å². The molecule has 1 aromatic heterocycles. The van der Waals surface area contributed by atoms with Crippen LogP contribution in [0.2, 0.25) is 0 Å². The number of benzene rings is 2. The van der Waals surface area contributed by atoms with Gasteiger partial charge in [-0.15, -0.1) is 0 Å². The number of para-hydroxylation sites is 1. The minimum atomic E-state index is 0.359. The molecule has 0 saturated carbocycles. The van der Waals surface area contributed by atoms with Crippen molar-refractivity contribution in [2.45, 2.75) is 33.0 Å². The van der Waals surface area contributed by atoms with Crippen molar-refractivity contribution in [3.8, 4) is 0 Å². The Labute approximate surface area is 131 Å². The Balaban J connectivity index is 1.97. The van der Waals surface area contributed by atoms with E-state index in [-0.39, 0.29) is 0 Å². The van der Waals surface area contributed by atoms with Gasteiger partial charge in [0, 0.05) is 48.0 Å². The van der Waals surface area contributed by atoms with E-state index >= 15 is 0 Å². The van der Waals surface area contributed by atoms with Gasteiger partial charge >= 0.3 is 0 Å². The van der Waals surface area contributed by atoms with Crippen molar-refractivity contribution in [1.82, 2.24) is 9.88 Å². The Morgan fingerprint density at radius 2 is 1.86 bits per heavy atom. The number of hydrogen-bond acceptors (Lipinski definition) is 2. The SMILES string of the molecule is CCn1c2ccccc2c2cc(CN[C@@H](C)COC)ccc21. The molecular formula is C19H24N2O. The number of ether oxygens (including phenoxy) is 1. The topological polar surface area (TPSA) is 26.2 Å². The van der Waals surface area contributed by atoms with E-state index < -0.39 is 0 Å². The number of methoxy groups -OCH3 is 1. The van der Waals surface area contributed by atoms with Gasteiger partial charge in [-0.25, -0.2) is 0 Å². The lowest BCUT2D eigenvalue weighted by molar-refractivity contribution is 0.171. The van der Waals surface area contributed by atoms with Crippen LogP contribution in [0.1, 0.15) is 19.4 Å². The summed E-state index contributed by atoms with van der Waals surface area (Å²) in [5.41, 5.74) is 3.95. The number of aromatic nitrogens is 1. The van der Waals surface area contributed by atoms with E-state index in [1.807, 2.05) is 0 Å². The van der Waals surface area contributed by atoms with E-state index in [2.05, 4.69) is 66.2 Å². The van der Waals surface area contributed by atoms with Crippen LogP contribution in [-0.4, -0.2) is 24.3 Å². The molecule has 0 aliphatic carbocycles. The summed E-state index contributed by atoms with van der Waals surface area (Å²) in [4.78, 5) is 0. The molecule has 0 fully saturated rings. The van der Waals surface area contributed by atoms with Crippen LogP contribution in [0, 0.1) is 0 Å². The molecular weight excluding hydrogens is 272 g/mol. The van der Waals surface area contributed by atoms with Crippen LogP contribution in [0.3, 0.4) is 0 Å². The Kier molecular flexibility index (Phi) is 4.46. The van der Waals surface area contributed by atoms with E-state index in [1.165, 1.54) is 27.4 Å².